The monoisotopic (exact) mass is 295 g/mol. The number of hydrogen-bond donors (Lipinski definition) is 3. The first-order chi connectivity index (χ1) is 9.42. The molecular formula is C13H13NO5S. The fraction of sp³-hybridized carbons (Fsp3) is 0.231. The standard InChI is InChI=1S/C13H13NO5S/c1-6-3-9(19-2)8(12(16)17)4-7(6)5-10-11(15)14-13(18)20-10/h3-4,15H,5H2,1-2H3,(H,14,18)(H,16,17). The fourth-order valence-corrected chi connectivity index (χ4v) is 2.64. The van der Waals surface area contributed by atoms with E-state index in [1.807, 2.05) is 6.92 Å². The highest BCUT2D eigenvalue weighted by molar-refractivity contribution is 7.09. The van der Waals surface area contributed by atoms with Crippen molar-refractivity contribution in [1.29, 1.82) is 0 Å². The second kappa shape index (κ2) is 5.38. The van der Waals surface area contributed by atoms with Crippen LogP contribution in [0.2, 0.25) is 0 Å². The zero-order chi connectivity index (χ0) is 14.9. The third-order valence-electron chi connectivity index (χ3n) is 2.94. The lowest BCUT2D eigenvalue weighted by Gasteiger charge is -2.10. The van der Waals surface area contributed by atoms with E-state index in [1.165, 1.54) is 13.2 Å². The predicted octanol–water partition coefficient (Wildman–Crippen LogP) is 1.75. The maximum absolute atomic E-state index is 11.2. The number of H-pyrrole nitrogens is 1. The summed E-state index contributed by atoms with van der Waals surface area (Å²) in [6.45, 7) is 1.82. The van der Waals surface area contributed by atoms with Crippen molar-refractivity contribution in [3.8, 4) is 11.6 Å². The van der Waals surface area contributed by atoms with Crippen LogP contribution in [-0.4, -0.2) is 28.3 Å². The zero-order valence-electron chi connectivity index (χ0n) is 10.9. The number of thiazole rings is 1. The maximum atomic E-state index is 11.2. The van der Waals surface area contributed by atoms with Gasteiger partial charge in [0.05, 0.1) is 12.0 Å². The van der Waals surface area contributed by atoms with E-state index >= 15 is 0 Å². The molecule has 0 aliphatic heterocycles. The lowest BCUT2D eigenvalue weighted by Crippen LogP contribution is -2.03. The van der Waals surface area contributed by atoms with Gasteiger partial charge in [0.15, 0.2) is 0 Å². The largest absolute Gasteiger partial charge is 0.496 e. The molecule has 0 radical (unpaired) electrons. The molecule has 2 aromatic rings. The van der Waals surface area contributed by atoms with E-state index in [1.54, 1.807) is 6.07 Å². The quantitative estimate of drug-likeness (QED) is 0.798. The van der Waals surface area contributed by atoms with Gasteiger partial charge in [0.25, 0.3) is 0 Å². The molecule has 0 fully saturated rings. The molecule has 7 heteroatoms. The van der Waals surface area contributed by atoms with Gasteiger partial charge in [-0.25, -0.2) is 4.79 Å². The fourth-order valence-electron chi connectivity index (χ4n) is 1.90. The SMILES string of the molecule is COc1cc(C)c(Cc2sc(=O)[nH]c2O)cc1C(=O)O. The summed E-state index contributed by atoms with van der Waals surface area (Å²) in [5, 5.41) is 18.7. The Hall–Kier alpha value is -2.28. The normalized spacial score (nSPS) is 10.5. The molecule has 0 unspecified atom stereocenters. The molecule has 0 bridgehead atoms. The molecule has 1 aromatic carbocycles. The van der Waals surface area contributed by atoms with E-state index in [4.69, 9.17) is 9.84 Å². The van der Waals surface area contributed by atoms with Crippen molar-refractivity contribution in [2.45, 2.75) is 13.3 Å². The summed E-state index contributed by atoms with van der Waals surface area (Å²) >= 11 is 0.902. The topological polar surface area (TPSA) is 99.6 Å². The number of ether oxygens (including phenoxy) is 1. The van der Waals surface area contributed by atoms with Crippen molar-refractivity contribution in [3.63, 3.8) is 0 Å². The highest BCUT2D eigenvalue weighted by Crippen LogP contribution is 2.27. The molecule has 0 aliphatic rings. The highest BCUT2D eigenvalue weighted by Gasteiger charge is 2.16. The average Bonchev–Trinajstić information content (AvgIpc) is 2.69. The summed E-state index contributed by atoms with van der Waals surface area (Å²) in [5.41, 5.74) is 1.59. The van der Waals surface area contributed by atoms with E-state index in [9.17, 15) is 14.7 Å². The summed E-state index contributed by atoms with van der Waals surface area (Å²) < 4.78 is 5.04. The first-order valence-corrected chi connectivity index (χ1v) is 6.55. The van der Waals surface area contributed by atoms with Gasteiger partial charge in [-0.05, 0) is 30.2 Å². The first kappa shape index (κ1) is 14.1. The predicted molar refractivity (Wildman–Crippen MR) is 74.1 cm³/mol. The van der Waals surface area contributed by atoms with E-state index in [-0.39, 0.29) is 28.5 Å². The van der Waals surface area contributed by atoms with Crippen LogP contribution >= 0.6 is 11.3 Å². The van der Waals surface area contributed by atoms with E-state index in [0.717, 1.165) is 16.9 Å². The van der Waals surface area contributed by atoms with Crippen molar-refractivity contribution in [1.82, 2.24) is 4.98 Å². The average molecular weight is 295 g/mol. The van der Waals surface area contributed by atoms with Crippen LogP contribution in [0.5, 0.6) is 11.6 Å². The molecule has 2 rings (SSSR count). The molecule has 3 N–H and O–H groups in total. The number of hydrogen-bond acceptors (Lipinski definition) is 5. The number of rotatable bonds is 4. The summed E-state index contributed by atoms with van der Waals surface area (Å²) in [4.78, 5) is 24.7. The van der Waals surface area contributed by atoms with Crippen LogP contribution in [0.4, 0.5) is 0 Å². The van der Waals surface area contributed by atoms with Gasteiger partial charge in [0, 0.05) is 6.42 Å². The minimum Gasteiger partial charge on any atom is -0.496 e. The molecular weight excluding hydrogens is 282 g/mol. The van der Waals surface area contributed by atoms with Gasteiger partial charge in [-0.15, -0.1) is 0 Å². The Kier molecular flexibility index (Phi) is 3.80. The highest BCUT2D eigenvalue weighted by atomic mass is 32.1. The molecule has 106 valence electrons. The van der Waals surface area contributed by atoms with Crippen LogP contribution in [0.25, 0.3) is 0 Å². The minimum absolute atomic E-state index is 0.0514. The Morgan fingerprint density at radius 2 is 2.15 bits per heavy atom. The molecule has 0 atom stereocenters. The van der Waals surface area contributed by atoms with Gasteiger partial charge < -0.3 is 14.9 Å². The van der Waals surface area contributed by atoms with Crippen LogP contribution in [0.3, 0.4) is 0 Å². The van der Waals surface area contributed by atoms with Crippen LogP contribution in [0.15, 0.2) is 16.9 Å². The maximum Gasteiger partial charge on any atom is 0.339 e. The Bertz CT molecular complexity index is 716. The van der Waals surface area contributed by atoms with Gasteiger partial charge >= 0.3 is 10.8 Å². The Morgan fingerprint density at radius 1 is 1.45 bits per heavy atom. The Balaban J connectivity index is 2.46. The second-order valence-electron chi connectivity index (χ2n) is 4.25. The summed E-state index contributed by atoms with van der Waals surface area (Å²) in [7, 11) is 1.41. The minimum atomic E-state index is -1.09. The number of nitrogens with one attached hydrogen (secondary N) is 1. The number of aromatic nitrogens is 1. The molecule has 6 nitrogen and oxygen atoms in total. The number of aryl methyl sites for hydroxylation is 1. The molecule has 0 spiro atoms. The first-order valence-electron chi connectivity index (χ1n) is 5.74. The Morgan fingerprint density at radius 3 is 2.65 bits per heavy atom. The lowest BCUT2D eigenvalue weighted by atomic mass is 10.0. The molecule has 1 aromatic heterocycles. The zero-order valence-corrected chi connectivity index (χ0v) is 11.7. The van der Waals surface area contributed by atoms with E-state index < -0.39 is 5.97 Å². The van der Waals surface area contributed by atoms with Crippen LogP contribution in [-0.2, 0) is 6.42 Å². The van der Waals surface area contributed by atoms with Crippen molar-refractivity contribution < 1.29 is 19.7 Å². The number of aromatic carboxylic acids is 1. The number of aromatic amines is 1. The smallest absolute Gasteiger partial charge is 0.339 e. The number of benzene rings is 1. The van der Waals surface area contributed by atoms with Crippen molar-refractivity contribution in [2.24, 2.45) is 0 Å². The molecule has 0 saturated heterocycles. The van der Waals surface area contributed by atoms with Crippen molar-refractivity contribution in [2.75, 3.05) is 7.11 Å². The summed E-state index contributed by atoms with van der Waals surface area (Å²) in [5.74, 6) is -0.980. The number of aromatic hydroxyl groups is 1. The number of carboxylic acids is 1. The van der Waals surface area contributed by atoms with Crippen molar-refractivity contribution >= 4 is 17.3 Å². The van der Waals surface area contributed by atoms with Gasteiger partial charge in [-0.3, -0.25) is 9.78 Å². The number of carbonyl (C=O) groups is 1. The molecule has 1 heterocycles. The van der Waals surface area contributed by atoms with Crippen LogP contribution in [0, 0.1) is 6.92 Å². The third kappa shape index (κ3) is 2.67. The summed E-state index contributed by atoms with van der Waals surface area (Å²) in [6.07, 6.45) is 0.283. The lowest BCUT2D eigenvalue weighted by molar-refractivity contribution is 0.0693. The van der Waals surface area contributed by atoms with Crippen LogP contribution in [0.1, 0.15) is 26.4 Å². The van der Waals surface area contributed by atoms with E-state index in [0.29, 0.717) is 10.4 Å². The molecule has 0 saturated carbocycles. The Labute approximate surface area is 118 Å². The van der Waals surface area contributed by atoms with Crippen LogP contribution < -0.4 is 9.61 Å². The molecule has 20 heavy (non-hydrogen) atoms. The second-order valence-corrected chi connectivity index (χ2v) is 5.31. The van der Waals surface area contributed by atoms with Gasteiger partial charge in [0.1, 0.15) is 11.3 Å². The number of carboxylic acid groups (broad SMARTS) is 1. The molecule has 0 amide bonds. The van der Waals surface area contributed by atoms with Gasteiger partial charge in [0.2, 0.25) is 5.88 Å². The van der Waals surface area contributed by atoms with Gasteiger partial charge in [-0.2, -0.15) is 0 Å². The summed E-state index contributed by atoms with van der Waals surface area (Å²) in [6, 6.07) is 3.13. The van der Waals surface area contributed by atoms with Crippen molar-refractivity contribution in [3.05, 3.63) is 43.4 Å². The van der Waals surface area contributed by atoms with Gasteiger partial charge in [-0.1, -0.05) is 11.3 Å². The third-order valence-corrected chi connectivity index (χ3v) is 3.81. The number of methoxy groups -OCH3 is 1. The molecule has 0 aliphatic carbocycles. The van der Waals surface area contributed by atoms with E-state index in [2.05, 4.69) is 4.98 Å².